The Labute approximate surface area is 154 Å². The van der Waals surface area contributed by atoms with E-state index in [-0.39, 0.29) is 17.7 Å². The fraction of sp³-hybridized carbons (Fsp3) is 0.400. The van der Waals surface area contributed by atoms with Crippen molar-refractivity contribution in [1.29, 1.82) is 0 Å². The predicted molar refractivity (Wildman–Crippen MR) is 92.1 cm³/mol. The molecule has 0 heterocycles. The van der Waals surface area contributed by atoms with Gasteiger partial charge in [-0.2, -0.15) is 26.3 Å². The van der Waals surface area contributed by atoms with Gasteiger partial charge in [0.1, 0.15) is 0 Å². The lowest BCUT2D eigenvalue weighted by molar-refractivity contribution is -0.143. The quantitative estimate of drug-likeness (QED) is 0.505. The molecule has 0 saturated heterocycles. The van der Waals surface area contributed by atoms with E-state index in [0.29, 0.717) is 6.54 Å². The highest BCUT2D eigenvalue weighted by Gasteiger charge is 2.37. The van der Waals surface area contributed by atoms with E-state index in [1.54, 1.807) is 6.92 Å². The van der Waals surface area contributed by atoms with E-state index in [2.05, 4.69) is 0 Å². The third-order valence-electron chi connectivity index (χ3n) is 4.73. The third kappa shape index (κ3) is 5.03. The van der Waals surface area contributed by atoms with Crippen LogP contribution < -0.4 is 0 Å². The summed E-state index contributed by atoms with van der Waals surface area (Å²) < 4.78 is 78.8. The lowest BCUT2D eigenvalue weighted by Gasteiger charge is -2.34. The predicted octanol–water partition coefficient (Wildman–Crippen LogP) is 6.87. The summed E-state index contributed by atoms with van der Waals surface area (Å²) in [6, 6.07) is 10.3. The molecule has 1 nitrogen and oxygen atoms in total. The number of alkyl halides is 6. The molecule has 0 aliphatic carbocycles. The van der Waals surface area contributed by atoms with Crippen LogP contribution in [0.5, 0.6) is 0 Å². The van der Waals surface area contributed by atoms with Gasteiger partial charge in [0.25, 0.3) is 0 Å². The van der Waals surface area contributed by atoms with Gasteiger partial charge in [0, 0.05) is 12.1 Å². The minimum absolute atomic E-state index is 0.0122. The van der Waals surface area contributed by atoms with Crippen LogP contribution in [0.2, 0.25) is 0 Å². The van der Waals surface area contributed by atoms with Crippen molar-refractivity contribution in [3.8, 4) is 0 Å². The van der Waals surface area contributed by atoms with Crippen LogP contribution in [0.15, 0.2) is 48.5 Å². The molecule has 0 aliphatic heterocycles. The first-order valence-corrected chi connectivity index (χ1v) is 8.55. The molecular formula is C20H21F6N. The van der Waals surface area contributed by atoms with Gasteiger partial charge >= 0.3 is 12.4 Å². The summed E-state index contributed by atoms with van der Waals surface area (Å²) in [6.45, 7) is 5.80. The molecule has 2 rings (SSSR count). The van der Waals surface area contributed by atoms with Gasteiger partial charge in [-0.1, -0.05) is 37.3 Å². The summed E-state index contributed by atoms with van der Waals surface area (Å²) in [6.07, 6.45) is -9.70. The maximum absolute atomic E-state index is 13.1. The summed E-state index contributed by atoms with van der Waals surface area (Å²) in [4.78, 5) is 1.87. The van der Waals surface area contributed by atoms with Crippen LogP contribution in [0.4, 0.5) is 26.3 Å². The first-order chi connectivity index (χ1) is 12.4. The van der Waals surface area contributed by atoms with E-state index < -0.39 is 29.5 Å². The fourth-order valence-electron chi connectivity index (χ4n) is 3.22. The molecule has 27 heavy (non-hydrogen) atoms. The zero-order chi connectivity index (χ0) is 20.4. The molecule has 2 aromatic rings. The number of rotatable bonds is 5. The standard InChI is InChI=1S/C20H21F6N/c1-4-27(13(2)15-8-6-5-7-9-15)14(3)16-10-17(19(21,22)23)12-18(11-16)20(24,25)26/h5-14H,4H2,1-3H3/t13?,14-/m0/s1. The minimum Gasteiger partial charge on any atom is -0.290 e. The van der Waals surface area contributed by atoms with E-state index in [1.165, 1.54) is 0 Å². The lowest BCUT2D eigenvalue weighted by Crippen LogP contribution is -2.30. The molecule has 0 N–H and O–H groups in total. The van der Waals surface area contributed by atoms with Crippen molar-refractivity contribution in [2.75, 3.05) is 6.54 Å². The van der Waals surface area contributed by atoms with Crippen LogP contribution in [0.3, 0.4) is 0 Å². The Bertz CT molecular complexity index is 719. The number of nitrogens with zero attached hydrogens (tertiary/aromatic N) is 1. The van der Waals surface area contributed by atoms with Gasteiger partial charge in [0.2, 0.25) is 0 Å². The Morgan fingerprint density at radius 2 is 1.19 bits per heavy atom. The van der Waals surface area contributed by atoms with Crippen LogP contribution in [0.1, 0.15) is 55.1 Å². The van der Waals surface area contributed by atoms with E-state index in [0.717, 1.165) is 17.7 Å². The van der Waals surface area contributed by atoms with Crippen LogP contribution in [0.25, 0.3) is 0 Å². The van der Waals surface area contributed by atoms with Crippen LogP contribution in [-0.2, 0) is 12.4 Å². The average molecular weight is 389 g/mol. The van der Waals surface area contributed by atoms with Crippen molar-refractivity contribution in [3.05, 3.63) is 70.8 Å². The first kappa shape index (κ1) is 21.3. The second-order valence-electron chi connectivity index (χ2n) is 6.43. The van der Waals surface area contributed by atoms with E-state index in [1.807, 2.05) is 49.1 Å². The highest BCUT2D eigenvalue weighted by atomic mass is 19.4. The summed E-state index contributed by atoms with van der Waals surface area (Å²) in [5, 5.41) is 0. The first-order valence-electron chi connectivity index (χ1n) is 8.55. The Morgan fingerprint density at radius 3 is 1.59 bits per heavy atom. The summed E-state index contributed by atoms with van der Waals surface area (Å²) >= 11 is 0. The molecule has 0 saturated carbocycles. The van der Waals surface area contributed by atoms with Crippen molar-refractivity contribution in [2.45, 2.75) is 45.2 Å². The molecule has 0 spiro atoms. The Kier molecular flexibility index (Phi) is 6.24. The molecule has 0 aliphatic rings. The second kappa shape index (κ2) is 7.92. The lowest BCUT2D eigenvalue weighted by atomic mass is 9.97. The maximum atomic E-state index is 13.1. The van der Waals surface area contributed by atoms with Gasteiger partial charge in [0.15, 0.2) is 0 Å². The van der Waals surface area contributed by atoms with Crippen LogP contribution in [-0.4, -0.2) is 11.4 Å². The summed E-state index contributed by atoms with van der Waals surface area (Å²) in [5.74, 6) is 0. The zero-order valence-corrected chi connectivity index (χ0v) is 15.2. The molecule has 0 bridgehead atoms. The largest absolute Gasteiger partial charge is 0.416 e. The van der Waals surface area contributed by atoms with E-state index >= 15 is 0 Å². The SMILES string of the molecule is CCN(C(C)c1ccccc1)[C@@H](C)c1cc(C(F)(F)F)cc(C(F)(F)F)c1. The Balaban J connectivity index is 2.48. The summed E-state index contributed by atoms with van der Waals surface area (Å²) in [5.41, 5.74) is -1.65. The number of hydrogen-bond donors (Lipinski definition) is 0. The molecular weight excluding hydrogens is 368 g/mol. The highest BCUT2D eigenvalue weighted by molar-refractivity contribution is 5.35. The van der Waals surface area contributed by atoms with Gasteiger partial charge in [0.05, 0.1) is 11.1 Å². The molecule has 7 heteroatoms. The minimum atomic E-state index is -4.85. The number of benzene rings is 2. The fourth-order valence-corrected chi connectivity index (χ4v) is 3.22. The van der Waals surface area contributed by atoms with Crippen molar-refractivity contribution in [3.63, 3.8) is 0 Å². The molecule has 148 valence electrons. The molecule has 0 amide bonds. The van der Waals surface area contributed by atoms with Gasteiger partial charge in [-0.15, -0.1) is 0 Å². The van der Waals surface area contributed by atoms with E-state index in [4.69, 9.17) is 0 Å². The van der Waals surface area contributed by atoms with Crippen molar-refractivity contribution < 1.29 is 26.3 Å². The smallest absolute Gasteiger partial charge is 0.290 e. The van der Waals surface area contributed by atoms with Crippen molar-refractivity contribution >= 4 is 0 Å². The topological polar surface area (TPSA) is 3.24 Å². The van der Waals surface area contributed by atoms with Gasteiger partial charge in [-0.3, -0.25) is 4.90 Å². The third-order valence-corrected chi connectivity index (χ3v) is 4.73. The van der Waals surface area contributed by atoms with Crippen molar-refractivity contribution in [1.82, 2.24) is 4.90 Å². The number of halogens is 6. The van der Waals surface area contributed by atoms with Crippen LogP contribution >= 0.6 is 0 Å². The Hall–Kier alpha value is -2.02. The summed E-state index contributed by atoms with van der Waals surface area (Å²) in [7, 11) is 0. The zero-order valence-electron chi connectivity index (χ0n) is 15.2. The average Bonchev–Trinajstić information content (AvgIpc) is 2.61. The van der Waals surface area contributed by atoms with Gasteiger partial charge in [-0.05, 0) is 49.7 Å². The van der Waals surface area contributed by atoms with Crippen LogP contribution in [0, 0.1) is 0 Å². The molecule has 2 aromatic carbocycles. The maximum Gasteiger partial charge on any atom is 0.416 e. The molecule has 0 aromatic heterocycles. The van der Waals surface area contributed by atoms with E-state index in [9.17, 15) is 26.3 Å². The molecule has 0 radical (unpaired) electrons. The second-order valence-corrected chi connectivity index (χ2v) is 6.43. The van der Waals surface area contributed by atoms with Gasteiger partial charge < -0.3 is 0 Å². The number of hydrogen-bond acceptors (Lipinski definition) is 1. The molecule has 2 atom stereocenters. The van der Waals surface area contributed by atoms with Gasteiger partial charge in [-0.25, -0.2) is 0 Å². The Morgan fingerprint density at radius 1 is 0.741 bits per heavy atom. The highest BCUT2D eigenvalue weighted by Crippen LogP contribution is 2.39. The normalized spacial score (nSPS) is 15.0. The molecule has 1 unspecified atom stereocenters. The van der Waals surface area contributed by atoms with Crippen molar-refractivity contribution in [2.24, 2.45) is 0 Å². The monoisotopic (exact) mass is 389 g/mol. The molecule has 0 fully saturated rings.